The molecule has 0 saturated heterocycles. The maximum Gasteiger partial charge on any atom is 0.244 e. The Kier molecular flexibility index (Phi) is 2.27. The third kappa shape index (κ3) is 1.58. The lowest BCUT2D eigenvalue weighted by Gasteiger charge is -1.98. The Hall–Kier alpha value is -1.30. The predicted octanol–water partition coefficient (Wildman–Crippen LogP) is 0.787. The van der Waals surface area contributed by atoms with E-state index in [0.29, 0.717) is 0 Å². The first-order valence-electron chi connectivity index (χ1n) is 3.70. The summed E-state index contributed by atoms with van der Waals surface area (Å²) in [7, 11) is 1.95. The van der Waals surface area contributed by atoms with Crippen LogP contribution in [-0.4, -0.2) is 4.57 Å². The van der Waals surface area contributed by atoms with Crippen molar-refractivity contribution in [1.29, 1.82) is 5.26 Å². The van der Waals surface area contributed by atoms with Gasteiger partial charge in [-0.15, -0.1) is 0 Å². The van der Waals surface area contributed by atoms with E-state index in [1.54, 1.807) is 0 Å². The Morgan fingerprint density at radius 2 is 2.45 bits per heavy atom. The van der Waals surface area contributed by atoms with E-state index >= 15 is 0 Å². The van der Waals surface area contributed by atoms with E-state index in [-0.39, 0.29) is 6.04 Å². The van der Waals surface area contributed by atoms with Gasteiger partial charge in [0.2, 0.25) is 6.33 Å². The van der Waals surface area contributed by atoms with Crippen LogP contribution in [0.4, 0.5) is 0 Å². The highest BCUT2D eigenvalue weighted by Gasteiger charge is 2.11. The molecule has 11 heavy (non-hydrogen) atoms. The molecule has 0 saturated carbocycles. The first-order chi connectivity index (χ1) is 5.27. The zero-order valence-corrected chi connectivity index (χ0v) is 6.86. The molecule has 0 spiro atoms. The Bertz CT molecular complexity index is 269. The summed E-state index contributed by atoms with van der Waals surface area (Å²) in [4.78, 5) is 0. The van der Waals surface area contributed by atoms with Crippen molar-refractivity contribution in [1.82, 2.24) is 4.57 Å². The largest absolute Gasteiger partial charge is 0.244 e. The summed E-state index contributed by atoms with van der Waals surface area (Å²) in [6.07, 6.45) is 6.61. The number of aromatic nitrogens is 2. The SMILES string of the molecule is CCC(C#N)[n+]1ccn(C)c1. The number of hydrogen-bond acceptors (Lipinski definition) is 1. The second kappa shape index (κ2) is 3.20. The van der Waals surface area contributed by atoms with E-state index in [0.717, 1.165) is 6.42 Å². The lowest BCUT2D eigenvalue weighted by Crippen LogP contribution is -2.35. The summed E-state index contributed by atoms with van der Waals surface area (Å²) in [5, 5.41) is 8.71. The minimum Gasteiger partial charge on any atom is -0.240 e. The van der Waals surface area contributed by atoms with Gasteiger partial charge in [-0.1, -0.05) is 6.92 Å². The number of nitrogens with zero attached hydrogens (tertiary/aromatic N) is 3. The van der Waals surface area contributed by atoms with Crippen molar-refractivity contribution in [2.24, 2.45) is 7.05 Å². The first kappa shape index (κ1) is 7.80. The molecule has 0 aliphatic carbocycles. The topological polar surface area (TPSA) is 32.6 Å². The molecule has 0 aliphatic heterocycles. The number of rotatable bonds is 2. The molecule has 0 bridgehead atoms. The van der Waals surface area contributed by atoms with Gasteiger partial charge in [0.1, 0.15) is 18.5 Å². The number of hydrogen-bond donors (Lipinski definition) is 0. The van der Waals surface area contributed by atoms with Crippen LogP contribution in [0.15, 0.2) is 18.7 Å². The molecule has 0 radical (unpaired) electrons. The van der Waals surface area contributed by atoms with E-state index in [1.165, 1.54) is 0 Å². The van der Waals surface area contributed by atoms with E-state index < -0.39 is 0 Å². The van der Waals surface area contributed by atoms with Gasteiger partial charge in [0, 0.05) is 0 Å². The predicted molar refractivity (Wildman–Crippen MR) is 40.5 cm³/mol. The van der Waals surface area contributed by atoms with Gasteiger partial charge in [-0.3, -0.25) is 0 Å². The Morgan fingerprint density at radius 1 is 1.73 bits per heavy atom. The highest BCUT2D eigenvalue weighted by Crippen LogP contribution is 1.98. The van der Waals surface area contributed by atoms with Crippen molar-refractivity contribution in [3.05, 3.63) is 18.7 Å². The minimum atomic E-state index is -0.0174. The van der Waals surface area contributed by atoms with Crippen molar-refractivity contribution in [3.63, 3.8) is 0 Å². The summed E-state index contributed by atoms with van der Waals surface area (Å²) in [6, 6.07) is 2.21. The molecule has 1 unspecified atom stereocenters. The van der Waals surface area contributed by atoms with Crippen LogP contribution in [0.1, 0.15) is 19.4 Å². The summed E-state index contributed by atoms with van der Waals surface area (Å²) in [5.41, 5.74) is 0. The lowest BCUT2D eigenvalue weighted by atomic mass is 10.2. The van der Waals surface area contributed by atoms with E-state index in [9.17, 15) is 0 Å². The fraction of sp³-hybridized carbons (Fsp3) is 0.500. The second-order valence-corrected chi connectivity index (χ2v) is 2.58. The maximum absolute atomic E-state index is 8.71. The molecule has 0 aliphatic rings. The van der Waals surface area contributed by atoms with Gasteiger partial charge in [0.25, 0.3) is 0 Å². The summed E-state index contributed by atoms with van der Waals surface area (Å²) < 4.78 is 3.85. The normalized spacial score (nSPS) is 12.5. The Labute approximate surface area is 66.5 Å². The summed E-state index contributed by atoms with van der Waals surface area (Å²) in [5.74, 6) is 0. The van der Waals surface area contributed by atoms with Crippen molar-refractivity contribution in [3.8, 4) is 6.07 Å². The van der Waals surface area contributed by atoms with Gasteiger partial charge in [0.15, 0.2) is 6.04 Å². The summed E-state index contributed by atoms with van der Waals surface area (Å²) >= 11 is 0. The third-order valence-electron chi connectivity index (χ3n) is 1.69. The molecule has 3 heteroatoms. The average Bonchev–Trinajstić information content (AvgIpc) is 2.39. The molecule has 0 aromatic carbocycles. The monoisotopic (exact) mass is 150 g/mol. The number of nitriles is 1. The molecule has 0 amide bonds. The minimum absolute atomic E-state index is 0.0174. The van der Waals surface area contributed by atoms with Gasteiger partial charge in [0.05, 0.1) is 7.05 Å². The van der Waals surface area contributed by atoms with Crippen LogP contribution in [0.2, 0.25) is 0 Å². The van der Waals surface area contributed by atoms with Gasteiger partial charge >= 0.3 is 0 Å². The van der Waals surface area contributed by atoms with Crippen molar-refractivity contribution in [2.75, 3.05) is 0 Å². The van der Waals surface area contributed by atoms with Crippen LogP contribution in [0, 0.1) is 11.3 Å². The molecule has 0 fully saturated rings. The van der Waals surface area contributed by atoms with Gasteiger partial charge in [-0.05, 0) is 6.42 Å². The second-order valence-electron chi connectivity index (χ2n) is 2.58. The smallest absolute Gasteiger partial charge is 0.240 e. The molecule has 1 atom stereocenters. The average molecular weight is 150 g/mol. The van der Waals surface area contributed by atoms with Crippen LogP contribution in [0.3, 0.4) is 0 Å². The molecule has 1 heterocycles. The standard InChI is InChI=1S/C8H12N3/c1-3-8(6-9)11-5-4-10(2)7-11/h4-5,7-8H,3H2,1-2H3/q+1. The quantitative estimate of drug-likeness (QED) is 0.573. The fourth-order valence-electron chi connectivity index (χ4n) is 1.02. The first-order valence-corrected chi connectivity index (χ1v) is 3.70. The third-order valence-corrected chi connectivity index (χ3v) is 1.69. The van der Waals surface area contributed by atoms with E-state index in [1.807, 2.05) is 41.8 Å². The van der Waals surface area contributed by atoms with Crippen molar-refractivity contribution in [2.45, 2.75) is 19.4 Å². The van der Waals surface area contributed by atoms with Gasteiger partial charge < -0.3 is 0 Å². The van der Waals surface area contributed by atoms with Crippen LogP contribution < -0.4 is 4.57 Å². The molecule has 3 nitrogen and oxygen atoms in total. The fourth-order valence-corrected chi connectivity index (χ4v) is 1.02. The zero-order valence-electron chi connectivity index (χ0n) is 6.86. The van der Waals surface area contributed by atoms with Crippen molar-refractivity contribution >= 4 is 0 Å². The Balaban J connectivity index is 2.84. The molecular formula is C8H12N3+. The molecular weight excluding hydrogens is 138 g/mol. The molecule has 1 rings (SSSR count). The van der Waals surface area contributed by atoms with Gasteiger partial charge in [-0.2, -0.15) is 5.26 Å². The van der Waals surface area contributed by atoms with Crippen LogP contribution >= 0.6 is 0 Å². The number of aryl methyl sites for hydroxylation is 1. The summed E-state index contributed by atoms with van der Waals surface area (Å²) in [6.45, 7) is 2.01. The maximum atomic E-state index is 8.71. The molecule has 58 valence electrons. The van der Waals surface area contributed by atoms with E-state index in [2.05, 4.69) is 6.07 Å². The van der Waals surface area contributed by atoms with Gasteiger partial charge in [-0.25, -0.2) is 9.13 Å². The highest BCUT2D eigenvalue weighted by molar-refractivity contribution is 4.78. The van der Waals surface area contributed by atoms with Crippen LogP contribution in [0.25, 0.3) is 0 Å². The van der Waals surface area contributed by atoms with Crippen LogP contribution in [0.5, 0.6) is 0 Å². The van der Waals surface area contributed by atoms with Crippen LogP contribution in [-0.2, 0) is 7.05 Å². The van der Waals surface area contributed by atoms with E-state index in [4.69, 9.17) is 5.26 Å². The molecule has 0 N–H and O–H groups in total. The number of imidazole rings is 1. The zero-order chi connectivity index (χ0) is 8.27. The Morgan fingerprint density at radius 3 is 2.82 bits per heavy atom. The molecule has 1 aromatic heterocycles. The highest BCUT2D eigenvalue weighted by atomic mass is 15.1. The molecule has 1 aromatic rings. The lowest BCUT2D eigenvalue weighted by molar-refractivity contribution is -0.709. The van der Waals surface area contributed by atoms with Crippen molar-refractivity contribution < 1.29 is 4.57 Å².